The number of rotatable bonds is 4. The minimum Gasteiger partial charge on any atom is -0.353 e. The van der Waals surface area contributed by atoms with E-state index >= 15 is 0 Å². The average Bonchev–Trinajstić information content (AvgIpc) is 3.29. The van der Waals surface area contributed by atoms with Gasteiger partial charge >= 0.3 is 0 Å². The van der Waals surface area contributed by atoms with Crippen LogP contribution in [0.4, 0.5) is 0 Å². The molecule has 3 heterocycles. The Morgan fingerprint density at radius 1 is 1.04 bits per heavy atom. The summed E-state index contributed by atoms with van der Waals surface area (Å²) in [7, 11) is 0. The highest BCUT2D eigenvalue weighted by molar-refractivity contribution is 6.07. The van der Waals surface area contributed by atoms with Crippen molar-refractivity contribution in [3.05, 3.63) is 72.2 Å². The summed E-state index contributed by atoms with van der Waals surface area (Å²) >= 11 is 0. The van der Waals surface area contributed by atoms with Gasteiger partial charge in [-0.15, -0.1) is 0 Å². The first-order valence-corrected chi connectivity index (χ1v) is 7.60. The van der Waals surface area contributed by atoms with Gasteiger partial charge in [-0.2, -0.15) is 5.10 Å². The summed E-state index contributed by atoms with van der Waals surface area (Å²) in [4.78, 5) is 19.8. The number of nitrogens with zero attached hydrogens (tertiary/aromatic N) is 2. The molecule has 0 atom stereocenters. The number of nitrogens with one attached hydrogen (secondary N) is 3. The Bertz CT molecular complexity index is 973. The largest absolute Gasteiger partial charge is 0.353 e. The predicted octanol–water partition coefficient (Wildman–Crippen LogP) is 2.88. The molecule has 0 spiro atoms. The normalized spacial score (nSPS) is 10.8. The summed E-state index contributed by atoms with van der Waals surface area (Å²) in [6.45, 7) is 0.468. The molecule has 0 aliphatic rings. The highest BCUT2D eigenvalue weighted by atomic mass is 16.1. The zero-order valence-corrected chi connectivity index (χ0v) is 12.8. The van der Waals surface area contributed by atoms with Crippen LogP contribution < -0.4 is 5.32 Å². The van der Waals surface area contributed by atoms with E-state index in [4.69, 9.17) is 0 Å². The van der Waals surface area contributed by atoms with Gasteiger partial charge in [-0.3, -0.25) is 14.9 Å². The Kier molecular flexibility index (Phi) is 3.55. The molecule has 1 aromatic carbocycles. The van der Waals surface area contributed by atoms with Crippen LogP contribution >= 0.6 is 0 Å². The molecule has 0 aliphatic carbocycles. The van der Waals surface area contributed by atoms with Gasteiger partial charge in [-0.1, -0.05) is 6.07 Å². The molecular formula is C18H15N5O. The standard InChI is InChI=1S/C18H15N5O/c24-18(20-11-12-4-7-19-8-5-12)13-2-1-3-15-14(13)10-17(22-15)16-6-9-21-23-16/h1-10,22H,11H2,(H,20,24)(H,21,23). The van der Waals surface area contributed by atoms with Gasteiger partial charge in [-0.05, 0) is 42.0 Å². The lowest BCUT2D eigenvalue weighted by molar-refractivity contribution is 0.0952. The Balaban J connectivity index is 1.62. The number of H-pyrrole nitrogens is 2. The highest BCUT2D eigenvalue weighted by Crippen LogP contribution is 2.25. The molecule has 6 heteroatoms. The fraction of sp³-hybridized carbons (Fsp3) is 0.0556. The number of aromatic nitrogens is 4. The van der Waals surface area contributed by atoms with Gasteiger partial charge in [0.25, 0.3) is 5.91 Å². The van der Waals surface area contributed by atoms with Crippen molar-refractivity contribution >= 4 is 16.8 Å². The van der Waals surface area contributed by atoms with Crippen molar-refractivity contribution in [2.75, 3.05) is 0 Å². The van der Waals surface area contributed by atoms with Gasteiger partial charge in [0, 0.05) is 41.6 Å². The molecule has 0 unspecified atom stereocenters. The SMILES string of the molecule is O=C(NCc1ccncc1)c1cccc2[nH]c(-c3ccn[nH]3)cc12. The minimum absolute atomic E-state index is 0.104. The fourth-order valence-corrected chi connectivity index (χ4v) is 2.68. The van der Waals surface area contributed by atoms with Gasteiger partial charge in [-0.25, -0.2) is 0 Å². The van der Waals surface area contributed by atoms with Gasteiger partial charge in [0.1, 0.15) is 0 Å². The second kappa shape index (κ2) is 6.00. The Morgan fingerprint density at radius 2 is 1.92 bits per heavy atom. The number of aromatic amines is 2. The second-order valence-electron chi connectivity index (χ2n) is 5.46. The lowest BCUT2D eigenvalue weighted by Gasteiger charge is -2.06. The monoisotopic (exact) mass is 317 g/mol. The van der Waals surface area contributed by atoms with Crippen molar-refractivity contribution in [3.63, 3.8) is 0 Å². The third kappa shape index (κ3) is 2.65. The van der Waals surface area contributed by atoms with Crippen molar-refractivity contribution in [1.29, 1.82) is 0 Å². The number of benzene rings is 1. The molecule has 0 radical (unpaired) electrons. The molecule has 0 saturated heterocycles. The molecule has 0 fully saturated rings. The van der Waals surface area contributed by atoms with Crippen molar-refractivity contribution < 1.29 is 4.79 Å². The topological polar surface area (TPSA) is 86.5 Å². The maximum atomic E-state index is 12.6. The minimum atomic E-state index is -0.104. The van der Waals surface area contributed by atoms with Gasteiger partial charge < -0.3 is 10.3 Å². The maximum absolute atomic E-state index is 12.6. The molecule has 6 nitrogen and oxygen atoms in total. The molecule has 24 heavy (non-hydrogen) atoms. The van der Waals surface area contributed by atoms with Crippen molar-refractivity contribution in [1.82, 2.24) is 25.5 Å². The molecule has 4 aromatic rings. The van der Waals surface area contributed by atoms with Crippen molar-refractivity contribution in [3.8, 4) is 11.4 Å². The first-order chi connectivity index (χ1) is 11.8. The lowest BCUT2D eigenvalue weighted by Crippen LogP contribution is -2.22. The van der Waals surface area contributed by atoms with Crippen LogP contribution in [0.25, 0.3) is 22.3 Å². The summed E-state index contributed by atoms with van der Waals surface area (Å²) in [5.41, 5.74) is 4.35. The van der Waals surface area contributed by atoms with Crippen LogP contribution in [-0.2, 0) is 6.54 Å². The van der Waals surface area contributed by atoms with E-state index in [9.17, 15) is 4.79 Å². The van der Waals surface area contributed by atoms with Crippen LogP contribution in [0, 0.1) is 0 Å². The molecule has 3 N–H and O–H groups in total. The molecule has 1 amide bonds. The molecule has 0 aliphatic heterocycles. The predicted molar refractivity (Wildman–Crippen MR) is 91.3 cm³/mol. The summed E-state index contributed by atoms with van der Waals surface area (Å²) < 4.78 is 0. The van der Waals surface area contributed by atoms with Crippen LogP contribution in [-0.4, -0.2) is 26.1 Å². The summed E-state index contributed by atoms with van der Waals surface area (Å²) in [5.74, 6) is -0.104. The van der Waals surface area contributed by atoms with E-state index in [0.29, 0.717) is 12.1 Å². The van der Waals surface area contributed by atoms with Crippen LogP contribution in [0.15, 0.2) is 61.1 Å². The molecule has 0 saturated carbocycles. The average molecular weight is 317 g/mol. The number of carbonyl (C=O) groups excluding carboxylic acids is 1. The number of hydrogen-bond donors (Lipinski definition) is 3. The lowest BCUT2D eigenvalue weighted by atomic mass is 10.1. The fourth-order valence-electron chi connectivity index (χ4n) is 2.68. The van der Waals surface area contributed by atoms with Crippen LogP contribution in [0.2, 0.25) is 0 Å². The third-order valence-corrected chi connectivity index (χ3v) is 3.90. The Hall–Kier alpha value is -3.41. The van der Waals surface area contributed by atoms with Crippen molar-refractivity contribution in [2.24, 2.45) is 0 Å². The summed E-state index contributed by atoms with van der Waals surface area (Å²) in [5, 5.41) is 10.7. The summed E-state index contributed by atoms with van der Waals surface area (Å²) in [6, 6.07) is 13.3. The Morgan fingerprint density at radius 3 is 2.71 bits per heavy atom. The van der Waals surface area contributed by atoms with E-state index in [1.54, 1.807) is 18.6 Å². The van der Waals surface area contributed by atoms with Crippen LogP contribution in [0.3, 0.4) is 0 Å². The van der Waals surface area contributed by atoms with Crippen LogP contribution in [0.1, 0.15) is 15.9 Å². The first kappa shape index (κ1) is 14.2. The smallest absolute Gasteiger partial charge is 0.252 e. The van der Waals surface area contributed by atoms with E-state index in [0.717, 1.165) is 27.9 Å². The molecule has 0 bridgehead atoms. The molecule has 118 valence electrons. The number of amides is 1. The van der Waals surface area contributed by atoms with Crippen LogP contribution in [0.5, 0.6) is 0 Å². The van der Waals surface area contributed by atoms with E-state index in [2.05, 4.69) is 25.5 Å². The van der Waals surface area contributed by atoms with Gasteiger partial charge in [0.05, 0.1) is 11.4 Å². The number of pyridine rings is 1. The number of fused-ring (bicyclic) bond motifs is 1. The molecule has 3 aromatic heterocycles. The Labute approximate surface area is 137 Å². The first-order valence-electron chi connectivity index (χ1n) is 7.60. The van der Waals surface area contributed by atoms with Crippen molar-refractivity contribution in [2.45, 2.75) is 6.54 Å². The molecule has 4 rings (SSSR count). The third-order valence-electron chi connectivity index (χ3n) is 3.90. The number of carbonyl (C=O) groups is 1. The highest BCUT2D eigenvalue weighted by Gasteiger charge is 2.13. The second-order valence-corrected chi connectivity index (χ2v) is 5.46. The van der Waals surface area contributed by atoms with Gasteiger partial charge in [0.15, 0.2) is 0 Å². The zero-order valence-electron chi connectivity index (χ0n) is 12.8. The molecular weight excluding hydrogens is 302 g/mol. The van der Waals surface area contributed by atoms with E-state index in [-0.39, 0.29) is 5.91 Å². The quantitative estimate of drug-likeness (QED) is 0.541. The van der Waals surface area contributed by atoms with E-state index < -0.39 is 0 Å². The zero-order chi connectivity index (χ0) is 16.4. The van der Waals surface area contributed by atoms with Gasteiger partial charge in [0.2, 0.25) is 0 Å². The van der Waals surface area contributed by atoms with E-state index in [1.807, 2.05) is 42.5 Å². The summed E-state index contributed by atoms with van der Waals surface area (Å²) in [6.07, 6.45) is 5.12. The van der Waals surface area contributed by atoms with E-state index in [1.165, 1.54) is 0 Å². The maximum Gasteiger partial charge on any atom is 0.252 e. The number of hydrogen-bond acceptors (Lipinski definition) is 3.